The summed E-state index contributed by atoms with van der Waals surface area (Å²) in [5, 5.41) is 16.7. The molecule has 0 spiro atoms. The number of anilines is 1. The zero-order chi connectivity index (χ0) is 21.1. The number of rotatable bonds is 6. The lowest BCUT2D eigenvalue weighted by atomic mass is 10.1. The van der Waals surface area contributed by atoms with Gasteiger partial charge in [0, 0.05) is 11.3 Å². The molecule has 0 aliphatic rings. The quantitative estimate of drug-likeness (QED) is 0.473. The number of amides is 1. The normalized spacial score (nSPS) is 10.9. The molecule has 2 heterocycles. The van der Waals surface area contributed by atoms with Crippen molar-refractivity contribution in [2.75, 3.05) is 18.2 Å². The van der Waals surface area contributed by atoms with E-state index in [1.165, 1.54) is 17.3 Å². The van der Waals surface area contributed by atoms with Crippen LogP contribution in [0.2, 0.25) is 0 Å². The fraction of sp³-hybridized carbons (Fsp3) is 0.182. The van der Waals surface area contributed by atoms with Crippen LogP contribution in [-0.4, -0.2) is 38.6 Å². The highest BCUT2D eigenvalue weighted by molar-refractivity contribution is 7.99. The predicted molar refractivity (Wildman–Crippen MR) is 118 cm³/mol. The number of nitrogens with zero attached hydrogens (tertiary/aromatic N) is 4. The Balaban J connectivity index is 1.48. The summed E-state index contributed by atoms with van der Waals surface area (Å²) in [6.07, 6.45) is 0. The van der Waals surface area contributed by atoms with Crippen LogP contribution in [0.4, 0.5) is 5.69 Å². The fourth-order valence-corrected chi connectivity index (χ4v) is 3.70. The Morgan fingerprint density at radius 2 is 1.87 bits per heavy atom. The Hall–Kier alpha value is -3.39. The van der Waals surface area contributed by atoms with Crippen molar-refractivity contribution in [1.29, 1.82) is 0 Å². The van der Waals surface area contributed by atoms with Gasteiger partial charge in [-0.2, -0.15) is 9.61 Å². The van der Waals surface area contributed by atoms with E-state index in [2.05, 4.69) is 20.6 Å². The zero-order valence-corrected chi connectivity index (χ0v) is 17.7. The van der Waals surface area contributed by atoms with Gasteiger partial charge in [-0.1, -0.05) is 29.5 Å². The summed E-state index contributed by atoms with van der Waals surface area (Å²) < 4.78 is 6.89. The standard InChI is InChI=1S/C22H21N5O2S/c1-14-4-9-18(15(2)12-14)23-20(28)13-30-21-11-10-19-24-25-22(27(19)26-21)16-5-7-17(29-3)8-6-16/h4-12H,13H2,1-3H3,(H,23,28). The smallest absolute Gasteiger partial charge is 0.234 e. The number of ether oxygens (including phenoxy) is 1. The van der Waals surface area contributed by atoms with E-state index in [4.69, 9.17) is 4.74 Å². The second-order valence-electron chi connectivity index (χ2n) is 6.85. The Kier molecular flexibility index (Phi) is 5.67. The number of carbonyl (C=O) groups excluding carboxylic acids is 1. The van der Waals surface area contributed by atoms with Crippen molar-refractivity contribution in [2.24, 2.45) is 0 Å². The van der Waals surface area contributed by atoms with Gasteiger partial charge in [0.05, 0.1) is 12.9 Å². The van der Waals surface area contributed by atoms with Crippen LogP contribution >= 0.6 is 11.8 Å². The fourth-order valence-electron chi connectivity index (χ4n) is 3.05. The van der Waals surface area contributed by atoms with E-state index in [0.717, 1.165) is 22.6 Å². The van der Waals surface area contributed by atoms with Crippen molar-refractivity contribution in [2.45, 2.75) is 18.9 Å². The Morgan fingerprint density at radius 1 is 1.07 bits per heavy atom. The number of fused-ring (bicyclic) bond motifs is 1. The van der Waals surface area contributed by atoms with E-state index in [1.807, 2.05) is 68.4 Å². The number of aromatic nitrogens is 4. The van der Waals surface area contributed by atoms with Crippen LogP contribution in [0.15, 0.2) is 59.6 Å². The molecule has 4 rings (SSSR count). The molecule has 1 N–H and O–H groups in total. The maximum absolute atomic E-state index is 12.4. The largest absolute Gasteiger partial charge is 0.497 e. The summed E-state index contributed by atoms with van der Waals surface area (Å²) >= 11 is 1.37. The van der Waals surface area contributed by atoms with Gasteiger partial charge < -0.3 is 10.1 Å². The second kappa shape index (κ2) is 8.54. The van der Waals surface area contributed by atoms with E-state index in [9.17, 15) is 4.79 Å². The van der Waals surface area contributed by atoms with Crippen molar-refractivity contribution >= 4 is 29.0 Å². The van der Waals surface area contributed by atoms with Gasteiger partial charge in [-0.25, -0.2) is 0 Å². The summed E-state index contributed by atoms with van der Waals surface area (Å²) in [7, 11) is 1.63. The molecule has 0 fully saturated rings. The van der Waals surface area contributed by atoms with E-state index in [1.54, 1.807) is 11.6 Å². The number of benzene rings is 2. The third-order valence-electron chi connectivity index (χ3n) is 4.59. The number of hydrogen-bond donors (Lipinski definition) is 1. The van der Waals surface area contributed by atoms with Gasteiger partial charge in [-0.15, -0.1) is 10.2 Å². The predicted octanol–water partition coefficient (Wildman–Crippen LogP) is 4.15. The van der Waals surface area contributed by atoms with Crippen LogP contribution in [0.5, 0.6) is 5.75 Å². The highest BCUT2D eigenvalue weighted by Gasteiger charge is 2.12. The van der Waals surface area contributed by atoms with Crippen LogP contribution in [0.25, 0.3) is 17.0 Å². The van der Waals surface area contributed by atoms with Gasteiger partial charge in [0.1, 0.15) is 10.8 Å². The summed E-state index contributed by atoms with van der Waals surface area (Å²) in [6.45, 7) is 4.01. The molecule has 30 heavy (non-hydrogen) atoms. The molecule has 1 amide bonds. The van der Waals surface area contributed by atoms with Gasteiger partial charge in [0.15, 0.2) is 11.5 Å². The average Bonchev–Trinajstić information content (AvgIpc) is 3.17. The van der Waals surface area contributed by atoms with E-state index >= 15 is 0 Å². The molecule has 0 saturated carbocycles. The molecule has 7 nitrogen and oxygen atoms in total. The molecule has 0 unspecified atom stereocenters. The molecular formula is C22H21N5O2S. The van der Waals surface area contributed by atoms with Crippen molar-refractivity contribution in [3.05, 3.63) is 65.7 Å². The molecule has 0 saturated heterocycles. The highest BCUT2D eigenvalue weighted by atomic mass is 32.2. The highest BCUT2D eigenvalue weighted by Crippen LogP contribution is 2.23. The summed E-state index contributed by atoms with van der Waals surface area (Å²) in [5.41, 5.74) is 4.56. The minimum atomic E-state index is -0.0759. The minimum Gasteiger partial charge on any atom is -0.497 e. The topological polar surface area (TPSA) is 81.4 Å². The number of aryl methyl sites for hydroxylation is 2. The van der Waals surface area contributed by atoms with Gasteiger partial charge in [0.25, 0.3) is 0 Å². The lowest BCUT2D eigenvalue weighted by Crippen LogP contribution is -2.15. The van der Waals surface area contributed by atoms with E-state index in [-0.39, 0.29) is 11.7 Å². The lowest BCUT2D eigenvalue weighted by Gasteiger charge is -2.09. The first kappa shape index (κ1) is 19.9. The van der Waals surface area contributed by atoms with Crippen LogP contribution < -0.4 is 10.1 Å². The molecule has 4 aromatic rings. The molecule has 0 aliphatic heterocycles. The Labute approximate surface area is 178 Å². The zero-order valence-electron chi connectivity index (χ0n) is 16.9. The number of hydrogen-bond acceptors (Lipinski definition) is 6. The van der Waals surface area contributed by atoms with Gasteiger partial charge in [0.2, 0.25) is 5.91 Å². The first-order chi connectivity index (χ1) is 14.5. The number of nitrogens with one attached hydrogen (secondary N) is 1. The van der Waals surface area contributed by atoms with Crippen molar-refractivity contribution in [1.82, 2.24) is 19.8 Å². The Morgan fingerprint density at radius 3 is 2.60 bits per heavy atom. The maximum atomic E-state index is 12.4. The van der Waals surface area contributed by atoms with Crippen LogP contribution in [0.3, 0.4) is 0 Å². The number of carbonyl (C=O) groups is 1. The van der Waals surface area contributed by atoms with Crippen molar-refractivity contribution < 1.29 is 9.53 Å². The maximum Gasteiger partial charge on any atom is 0.234 e. The summed E-state index contributed by atoms with van der Waals surface area (Å²) in [5.74, 6) is 1.58. The van der Waals surface area contributed by atoms with Crippen LogP contribution in [0.1, 0.15) is 11.1 Å². The number of thioether (sulfide) groups is 1. The SMILES string of the molecule is COc1ccc(-c2nnc3ccc(SCC(=O)Nc4ccc(C)cc4C)nn23)cc1. The van der Waals surface area contributed by atoms with Crippen LogP contribution in [0, 0.1) is 13.8 Å². The summed E-state index contributed by atoms with van der Waals surface area (Å²) in [4.78, 5) is 12.4. The second-order valence-corrected chi connectivity index (χ2v) is 7.84. The molecule has 0 radical (unpaired) electrons. The molecule has 0 atom stereocenters. The van der Waals surface area contributed by atoms with E-state index in [0.29, 0.717) is 16.5 Å². The minimum absolute atomic E-state index is 0.0759. The average molecular weight is 420 g/mol. The molecule has 2 aromatic heterocycles. The molecule has 8 heteroatoms. The van der Waals surface area contributed by atoms with Crippen LogP contribution in [-0.2, 0) is 4.79 Å². The Bertz CT molecular complexity index is 1200. The first-order valence-corrected chi connectivity index (χ1v) is 10.4. The van der Waals surface area contributed by atoms with Crippen molar-refractivity contribution in [3.63, 3.8) is 0 Å². The van der Waals surface area contributed by atoms with Gasteiger partial charge in [-0.05, 0) is 61.9 Å². The van der Waals surface area contributed by atoms with E-state index < -0.39 is 0 Å². The van der Waals surface area contributed by atoms with Gasteiger partial charge >= 0.3 is 0 Å². The number of methoxy groups -OCH3 is 1. The monoisotopic (exact) mass is 419 g/mol. The molecular weight excluding hydrogens is 398 g/mol. The molecule has 152 valence electrons. The lowest BCUT2D eigenvalue weighted by molar-refractivity contribution is -0.113. The van der Waals surface area contributed by atoms with Gasteiger partial charge in [-0.3, -0.25) is 4.79 Å². The molecule has 0 bridgehead atoms. The van der Waals surface area contributed by atoms with Crippen molar-refractivity contribution in [3.8, 4) is 17.1 Å². The molecule has 0 aliphatic carbocycles. The first-order valence-electron chi connectivity index (χ1n) is 9.40. The molecule has 2 aromatic carbocycles. The summed E-state index contributed by atoms with van der Waals surface area (Å²) in [6, 6.07) is 17.2. The third-order valence-corrected chi connectivity index (χ3v) is 5.51. The third kappa shape index (κ3) is 4.28.